The Morgan fingerprint density at radius 2 is 1.81 bits per heavy atom. The van der Waals surface area contributed by atoms with Crippen molar-refractivity contribution in [3.05, 3.63) is 69.8 Å². The zero-order chi connectivity index (χ0) is 26.4. The Bertz CT molecular complexity index is 1450. The minimum atomic E-state index is -0.458. The van der Waals surface area contributed by atoms with Crippen molar-refractivity contribution in [1.82, 2.24) is 9.55 Å². The van der Waals surface area contributed by atoms with Gasteiger partial charge in [-0.25, -0.2) is 4.98 Å². The largest absolute Gasteiger partial charge is 0.495 e. The van der Waals surface area contributed by atoms with E-state index in [4.69, 9.17) is 19.2 Å². The molecule has 37 heavy (non-hydrogen) atoms. The van der Waals surface area contributed by atoms with Crippen LogP contribution in [0.2, 0.25) is 0 Å². The third-order valence-corrected chi connectivity index (χ3v) is 8.12. The van der Waals surface area contributed by atoms with Gasteiger partial charge in [0.25, 0.3) is 5.56 Å². The lowest BCUT2D eigenvalue weighted by Crippen LogP contribution is -2.28. The fourth-order valence-electron chi connectivity index (χ4n) is 3.90. The molecule has 8 nitrogen and oxygen atoms in total. The molecule has 194 valence electrons. The van der Waals surface area contributed by atoms with Crippen LogP contribution >= 0.6 is 23.1 Å². The predicted octanol–water partition coefficient (Wildman–Crippen LogP) is 5.24. The van der Waals surface area contributed by atoms with Crippen molar-refractivity contribution in [3.8, 4) is 17.2 Å². The van der Waals surface area contributed by atoms with Crippen molar-refractivity contribution >= 4 is 44.9 Å². The molecule has 4 rings (SSSR count). The molecule has 0 spiro atoms. The van der Waals surface area contributed by atoms with E-state index in [0.717, 1.165) is 5.56 Å². The first-order chi connectivity index (χ1) is 18.0. The number of benzene rings is 2. The maximum absolute atomic E-state index is 13.4. The first-order valence-electron chi connectivity index (χ1n) is 11.8. The summed E-state index contributed by atoms with van der Waals surface area (Å²) >= 11 is 2.67. The molecule has 2 aromatic heterocycles. The molecule has 0 aliphatic rings. The van der Waals surface area contributed by atoms with Crippen molar-refractivity contribution in [2.45, 2.75) is 36.7 Å². The summed E-state index contributed by atoms with van der Waals surface area (Å²) in [6.45, 7) is 2.34. The summed E-state index contributed by atoms with van der Waals surface area (Å²) < 4.78 is 18.4. The third-order valence-electron chi connectivity index (χ3n) is 5.88. The van der Waals surface area contributed by atoms with E-state index >= 15 is 0 Å². The number of methoxy groups -OCH3 is 3. The Morgan fingerprint density at radius 1 is 1.05 bits per heavy atom. The number of amides is 1. The van der Waals surface area contributed by atoms with Crippen molar-refractivity contribution in [2.24, 2.45) is 0 Å². The van der Waals surface area contributed by atoms with Crippen LogP contribution in [-0.2, 0) is 17.8 Å². The molecule has 10 heteroatoms. The van der Waals surface area contributed by atoms with Crippen LogP contribution in [0.15, 0.2) is 63.9 Å². The van der Waals surface area contributed by atoms with Crippen molar-refractivity contribution in [2.75, 3.05) is 26.6 Å². The molecular weight excluding hydrogens is 510 g/mol. The smallest absolute Gasteiger partial charge is 0.272 e. The van der Waals surface area contributed by atoms with Crippen molar-refractivity contribution in [3.63, 3.8) is 0 Å². The van der Waals surface area contributed by atoms with Gasteiger partial charge >= 0.3 is 0 Å². The molecule has 1 atom stereocenters. The van der Waals surface area contributed by atoms with Gasteiger partial charge < -0.3 is 19.5 Å². The van der Waals surface area contributed by atoms with E-state index in [1.54, 1.807) is 38.0 Å². The number of thioether (sulfide) groups is 1. The molecule has 0 aliphatic heterocycles. The standard InChI is InChI=1S/C27H29N3O5S2/c1-5-23(25(31)28-18-8-6-7-9-20(18)33-2)37-27-29-19-13-15-36-24(19)26(32)30(27)14-12-17-10-11-21(34-3)22(16-17)35-4/h6-11,13,15-16,23H,5,12,14H2,1-4H3,(H,28,31)/t23-/m0/s1. The Morgan fingerprint density at radius 3 is 2.54 bits per heavy atom. The van der Waals surface area contributed by atoms with Gasteiger partial charge in [0.05, 0.1) is 37.8 Å². The Balaban J connectivity index is 1.61. The topological polar surface area (TPSA) is 91.7 Å². The third kappa shape index (κ3) is 5.91. The minimum Gasteiger partial charge on any atom is -0.495 e. The first kappa shape index (κ1) is 26.6. The number of hydrogen-bond donors (Lipinski definition) is 1. The van der Waals surface area contributed by atoms with Crippen LogP contribution in [0.1, 0.15) is 18.9 Å². The van der Waals surface area contributed by atoms with Crippen LogP contribution < -0.4 is 25.1 Å². The number of thiophene rings is 1. The molecule has 2 heterocycles. The van der Waals surface area contributed by atoms with Crippen molar-refractivity contribution < 1.29 is 19.0 Å². The van der Waals surface area contributed by atoms with Crippen LogP contribution in [0.5, 0.6) is 17.2 Å². The summed E-state index contributed by atoms with van der Waals surface area (Å²) in [5.74, 6) is 1.68. The average molecular weight is 540 g/mol. The number of para-hydroxylation sites is 2. The molecule has 0 radical (unpaired) electrons. The van der Waals surface area contributed by atoms with Gasteiger partial charge in [-0.3, -0.25) is 14.2 Å². The van der Waals surface area contributed by atoms with Crippen LogP contribution in [0.25, 0.3) is 10.2 Å². The highest BCUT2D eigenvalue weighted by Gasteiger charge is 2.23. The lowest BCUT2D eigenvalue weighted by Gasteiger charge is -2.18. The van der Waals surface area contributed by atoms with E-state index < -0.39 is 5.25 Å². The number of carbonyl (C=O) groups is 1. The van der Waals surface area contributed by atoms with E-state index in [0.29, 0.717) is 57.7 Å². The van der Waals surface area contributed by atoms with Gasteiger partial charge in [0.15, 0.2) is 16.7 Å². The monoisotopic (exact) mass is 539 g/mol. The molecule has 0 aliphatic carbocycles. The van der Waals surface area contributed by atoms with E-state index in [-0.39, 0.29) is 11.5 Å². The zero-order valence-electron chi connectivity index (χ0n) is 21.1. The number of carbonyl (C=O) groups excluding carboxylic acids is 1. The SMILES string of the molecule is CC[C@H](Sc1nc2ccsc2c(=O)n1CCc1ccc(OC)c(OC)c1)C(=O)Nc1ccccc1OC. The number of anilines is 1. The number of hydrogen-bond acceptors (Lipinski definition) is 8. The molecule has 2 aromatic carbocycles. The minimum absolute atomic E-state index is 0.108. The van der Waals surface area contributed by atoms with Crippen LogP contribution in [0, 0.1) is 0 Å². The van der Waals surface area contributed by atoms with E-state index in [1.165, 1.54) is 23.1 Å². The number of nitrogens with zero attached hydrogens (tertiary/aromatic N) is 2. The van der Waals surface area contributed by atoms with Gasteiger partial charge in [-0.2, -0.15) is 0 Å². The second-order valence-corrected chi connectivity index (χ2v) is 10.2. The van der Waals surface area contributed by atoms with Crippen LogP contribution in [-0.4, -0.2) is 42.0 Å². The highest BCUT2D eigenvalue weighted by atomic mass is 32.2. The number of nitrogens with one attached hydrogen (secondary N) is 1. The number of aryl methyl sites for hydroxylation is 1. The highest BCUT2D eigenvalue weighted by Crippen LogP contribution is 2.30. The summed E-state index contributed by atoms with van der Waals surface area (Å²) in [5, 5.41) is 4.87. The summed E-state index contributed by atoms with van der Waals surface area (Å²) in [7, 11) is 4.75. The normalized spacial score (nSPS) is 11.8. The molecule has 0 bridgehead atoms. The Hall–Kier alpha value is -3.50. The predicted molar refractivity (Wildman–Crippen MR) is 149 cm³/mol. The van der Waals surface area contributed by atoms with E-state index in [9.17, 15) is 9.59 Å². The second kappa shape index (κ2) is 12.2. The van der Waals surface area contributed by atoms with Gasteiger partial charge in [0.2, 0.25) is 5.91 Å². The number of fused-ring (bicyclic) bond motifs is 1. The quantitative estimate of drug-likeness (QED) is 0.206. The molecule has 0 fully saturated rings. The van der Waals surface area contributed by atoms with Gasteiger partial charge in [0, 0.05) is 6.54 Å². The molecule has 0 unspecified atom stereocenters. The fourth-order valence-corrected chi connectivity index (χ4v) is 5.72. The van der Waals surface area contributed by atoms with Gasteiger partial charge in [-0.05, 0) is 54.1 Å². The lowest BCUT2D eigenvalue weighted by atomic mass is 10.1. The average Bonchev–Trinajstić information content (AvgIpc) is 3.40. The molecule has 1 N–H and O–H groups in total. The summed E-state index contributed by atoms with van der Waals surface area (Å²) in [4.78, 5) is 31.4. The Kier molecular flexibility index (Phi) is 8.73. The summed E-state index contributed by atoms with van der Waals surface area (Å²) in [6, 6.07) is 14.8. The zero-order valence-corrected chi connectivity index (χ0v) is 22.8. The molecule has 0 saturated heterocycles. The van der Waals surface area contributed by atoms with E-state index in [1.807, 2.05) is 48.7 Å². The van der Waals surface area contributed by atoms with Crippen LogP contribution in [0.4, 0.5) is 5.69 Å². The second-order valence-electron chi connectivity index (χ2n) is 8.13. The number of aromatic nitrogens is 2. The summed E-state index contributed by atoms with van der Waals surface area (Å²) in [6.07, 6.45) is 1.13. The maximum Gasteiger partial charge on any atom is 0.272 e. The molecule has 4 aromatic rings. The number of rotatable bonds is 11. The molecule has 0 saturated carbocycles. The maximum atomic E-state index is 13.4. The Labute approximate surface area is 223 Å². The van der Waals surface area contributed by atoms with Gasteiger partial charge in [-0.1, -0.05) is 36.9 Å². The van der Waals surface area contributed by atoms with Gasteiger partial charge in [0.1, 0.15) is 10.4 Å². The fraction of sp³-hybridized carbons (Fsp3) is 0.296. The summed E-state index contributed by atoms with van der Waals surface area (Å²) in [5.41, 5.74) is 2.12. The molecule has 1 amide bonds. The van der Waals surface area contributed by atoms with Crippen molar-refractivity contribution in [1.29, 1.82) is 0 Å². The van der Waals surface area contributed by atoms with Gasteiger partial charge in [-0.15, -0.1) is 11.3 Å². The molecular formula is C27H29N3O5S2. The first-order valence-corrected chi connectivity index (χ1v) is 13.5. The highest BCUT2D eigenvalue weighted by molar-refractivity contribution is 8.00. The van der Waals surface area contributed by atoms with E-state index in [2.05, 4.69) is 5.32 Å². The van der Waals surface area contributed by atoms with Crippen LogP contribution in [0.3, 0.4) is 0 Å². The number of ether oxygens (including phenoxy) is 3. The lowest BCUT2D eigenvalue weighted by molar-refractivity contribution is -0.115.